The number of nitrogens with zero attached hydrogens (tertiary/aromatic N) is 1. The molecule has 2 rings (SSSR count). The van der Waals surface area contributed by atoms with Crippen molar-refractivity contribution in [3.05, 3.63) is 30.3 Å². The van der Waals surface area contributed by atoms with Gasteiger partial charge in [0.25, 0.3) is 0 Å². The number of thioether (sulfide) groups is 1. The molecule has 0 bridgehead atoms. The number of carbonyl (C=O) groups excluding carboxylic acids is 2. The lowest BCUT2D eigenvalue weighted by atomic mass is 10.1. The van der Waals surface area contributed by atoms with E-state index in [9.17, 15) is 9.59 Å². The van der Waals surface area contributed by atoms with E-state index >= 15 is 0 Å². The Bertz CT molecular complexity index is 465. The molecule has 0 aliphatic carbocycles. The van der Waals surface area contributed by atoms with E-state index in [4.69, 9.17) is 0 Å². The summed E-state index contributed by atoms with van der Waals surface area (Å²) in [6.07, 6.45) is 2.45. The summed E-state index contributed by atoms with van der Waals surface area (Å²) >= 11 is 1.88. The van der Waals surface area contributed by atoms with Crippen molar-refractivity contribution in [2.75, 3.05) is 11.2 Å². The maximum atomic E-state index is 11.6. The minimum Gasteiger partial charge on any atom is -0.274 e. The molecular formula is C16H23NO2S. The molecule has 0 N–H and O–H groups in total. The predicted molar refractivity (Wildman–Crippen MR) is 86.0 cm³/mol. The molecular weight excluding hydrogens is 270 g/mol. The highest BCUT2D eigenvalue weighted by molar-refractivity contribution is 7.99. The number of hydrogen-bond acceptors (Lipinski definition) is 3. The van der Waals surface area contributed by atoms with Gasteiger partial charge in [0.1, 0.15) is 0 Å². The van der Waals surface area contributed by atoms with Gasteiger partial charge in [-0.3, -0.25) is 14.5 Å². The fourth-order valence-electron chi connectivity index (χ4n) is 1.63. The number of rotatable bonds is 1. The lowest BCUT2D eigenvalue weighted by Crippen LogP contribution is -2.29. The van der Waals surface area contributed by atoms with Gasteiger partial charge in [-0.05, 0) is 18.4 Å². The van der Waals surface area contributed by atoms with Gasteiger partial charge in [-0.15, -0.1) is 0 Å². The van der Waals surface area contributed by atoms with E-state index in [1.54, 1.807) is 19.1 Å². The molecule has 1 aliphatic heterocycles. The fourth-order valence-corrected chi connectivity index (χ4v) is 1.63. The zero-order valence-corrected chi connectivity index (χ0v) is 13.7. The van der Waals surface area contributed by atoms with Crippen molar-refractivity contribution < 1.29 is 9.59 Å². The predicted octanol–water partition coefficient (Wildman–Crippen LogP) is 3.73. The molecule has 3 nitrogen and oxygen atoms in total. The van der Waals surface area contributed by atoms with E-state index < -0.39 is 0 Å². The van der Waals surface area contributed by atoms with Crippen molar-refractivity contribution in [2.45, 2.75) is 38.9 Å². The van der Waals surface area contributed by atoms with E-state index in [-0.39, 0.29) is 17.7 Å². The zero-order chi connectivity index (χ0) is 15.3. The normalized spacial score (nSPS) is 18.9. The summed E-state index contributed by atoms with van der Waals surface area (Å²) in [5.41, 5.74) is 0.673. The van der Waals surface area contributed by atoms with Crippen LogP contribution >= 0.6 is 11.8 Å². The summed E-state index contributed by atoms with van der Waals surface area (Å²) in [5, 5.41) is 0. The molecule has 20 heavy (non-hydrogen) atoms. The van der Waals surface area contributed by atoms with Crippen molar-refractivity contribution in [1.29, 1.82) is 0 Å². The van der Waals surface area contributed by atoms with Gasteiger partial charge < -0.3 is 0 Å². The Kier molecular flexibility index (Phi) is 5.81. The summed E-state index contributed by atoms with van der Waals surface area (Å²) in [4.78, 5) is 24.4. The highest BCUT2D eigenvalue weighted by Crippen LogP contribution is 2.25. The molecule has 4 heteroatoms. The Labute approximate surface area is 125 Å². The Balaban J connectivity index is 0.000000286. The van der Waals surface area contributed by atoms with Gasteiger partial charge in [0.2, 0.25) is 11.8 Å². The fraction of sp³-hybridized carbons (Fsp3) is 0.500. The summed E-state index contributed by atoms with van der Waals surface area (Å²) in [5.74, 6) is -0.377. The van der Waals surface area contributed by atoms with Crippen molar-refractivity contribution in [2.24, 2.45) is 5.92 Å². The van der Waals surface area contributed by atoms with E-state index in [2.05, 4.69) is 27.0 Å². The van der Waals surface area contributed by atoms with Gasteiger partial charge >= 0.3 is 0 Å². The van der Waals surface area contributed by atoms with Crippen LogP contribution in [0.15, 0.2) is 30.3 Å². The molecule has 1 unspecified atom stereocenters. The van der Waals surface area contributed by atoms with Gasteiger partial charge in [0.15, 0.2) is 0 Å². The monoisotopic (exact) mass is 293 g/mol. The Morgan fingerprint density at radius 3 is 2.00 bits per heavy atom. The largest absolute Gasteiger partial charge is 0.274 e. The molecule has 1 fully saturated rings. The number of imide groups is 1. The van der Waals surface area contributed by atoms with Crippen molar-refractivity contribution in [3.8, 4) is 0 Å². The topological polar surface area (TPSA) is 37.4 Å². The van der Waals surface area contributed by atoms with Crippen LogP contribution in [0.4, 0.5) is 5.69 Å². The molecule has 1 aliphatic rings. The van der Waals surface area contributed by atoms with Crippen LogP contribution in [0.1, 0.15) is 34.1 Å². The van der Waals surface area contributed by atoms with Gasteiger partial charge in [0.05, 0.1) is 5.69 Å². The molecule has 0 spiro atoms. The van der Waals surface area contributed by atoms with Crippen LogP contribution in [0, 0.1) is 5.92 Å². The average Bonchev–Trinajstić information content (AvgIpc) is 2.64. The van der Waals surface area contributed by atoms with Crippen molar-refractivity contribution in [3.63, 3.8) is 0 Å². The molecule has 2 amide bonds. The molecule has 0 radical (unpaired) electrons. The van der Waals surface area contributed by atoms with E-state index in [0.717, 1.165) is 0 Å². The second-order valence-electron chi connectivity index (χ2n) is 5.82. The zero-order valence-electron chi connectivity index (χ0n) is 12.8. The molecule has 1 aromatic carbocycles. The quantitative estimate of drug-likeness (QED) is 0.740. The maximum Gasteiger partial charge on any atom is 0.237 e. The van der Waals surface area contributed by atoms with Gasteiger partial charge in [0, 0.05) is 17.1 Å². The van der Waals surface area contributed by atoms with Gasteiger partial charge in [-0.1, -0.05) is 45.9 Å². The van der Waals surface area contributed by atoms with E-state index in [1.165, 1.54) is 4.90 Å². The lowest BCUT2D eigenvalue weighted by Gasteiger charge is -2.13. The summed E-state index contributed by atoms with van der Waals surface area (Å²) in [6, 6.07) is 9.04. The molecule has 1 atom stereocenters. The van der Waals surface area contributed by atoms with Crippen LogP contribution in [-0.2, 0) is 9.59 Å². The smallest absolute Gasteiger partial charge is 0.237 e. The third-order valence-corrected chi connectivity index (χ3v) is 4.22. The van der Waals surface area contributed by atoms with Gasteiger partial charge in [-0.25, -0.2) is 0 Å². The maximum absolute atomic E-state index is 11.6. The van der Waals surface area contributed by atoms with Crippen LogP contribution < -0.4 is 4.90 Å². The number of hydrogen-bond donors (Lipinski definition) is 0. The van der Waals surface area contributed by atoms with Crippen LogP contribution in [0.2, 0.25) is 0 Å². The van der Waals surface area contributed by atoms with Crippen LogP contribution in [-0.4, -0.2) is 22.8 Å². The Morgan fingerprint density at radius 1 is 1.15 bits per heavy atom. The highest BCUT2D eigenvalue weighted by atomic mass is 32.2. The average molecular weight is 293 g/mol. The number of anilines is 1. The summed E-state index contributed by atoms with van der Waals surface area (Å²) in [7, 11) is 0. The molecule has 0 saturated carbocycles. The summed E-state index contributed by atoms with van der Waals surface area (Å²) < 4.78 is 0.458. The first-order valence-corrected chi connectivity index (χ1v) is 7.95. The van der Waals surface area contributed by atoms with Crippen LogP contribution in [0.25, 0.3) is 0 Å². The minimum atomic E-state index is -0.178. The molecule has 1 saturated heterocycles. The number of carbonyl (C=O) groups is 2. The van der Waals surface area contributed by atoms with Crippen molar-refractivity contribution in [1.82, 2.24) is 0 Å². The minimum absolute atomic E-state index is 0.0961. The molecule has 1 aromatic rings. The Morgan fingerprint density at radius 2 is 1.65 bits per heavy atom. The number of para-hydroxylation sites is 1. The van der Waals surface area contributed by atoms with Crippen LogP contribution in [0.5, 0.6) is 0 Å². The Hall–Kier alpha value is -1.29. The molecule has 110 valence electrons. The first-order chi connectivity index (χ1) is 9.26. The standard InChI is InChI=1S/C11H11NO2.C5H12S/c1-8-7-10(13)12(11(8)14)9-5-3-2-4-6-9;1-5(2,3)6-4/h2-6,8H,7H2,1H3;1-4H3. The van der Waals surface area contributed by atoms with E-state index in [0.29, 0.717) is 16.9 Å². The molecule has 1 heterocycles. The first-order valence-electron chi connectivity index (χ1n) is 6.73. The third kappa shape index (κ3) is 4.67. The number of amides is 2. The van der Waals surface area contributed by atoms with Gasteiger partial charge in [-0.2, -0.15) is 11.8 Å². The summed E-state index contributed by atoms with van der Waals surface area (Å²) in [6.45, 7) is 8.40. The second kappa shape index (κ2) is 6.93. The van der Waals surface area contributed by atoms with Crippen molar-refractivity contribution >= 4 is 29.3 Å². The highest BCUT2D eigenvalue weighted by Gasteiger charge is 2.36. The SMILES string of the molecule is CC1CC(=O)N(c2ccccc2)C1=O.CSC(C)(C)C. The lowest BCUT2D eigenvalue weighted by molar-refractivity contribution is -0.122. The molecule has 0 aromatic heterocycles. The third-order valence-electron chi connectivity index (χ3n) is 3.00. The van der Waals surface area contributed by atoms with Crippen LogP contribution in [0.3, 0.4) is 0 Å². The number of benzene rings is 1. The van der Waals surface area contributed by atoms with E-state index in [1.807, 2.05) is 30.0 Å². The first kappa shape index (κ1) is 16.8. The second-order valence-corrected chi connectivity index (χ2v) is 7.46.